The fourth-order valence-corrected chi connectivity index (χ4v) is 3.70. The van der Waals surface area contributed by atoms with E-state index in [0.717, 1.165) is 22.4 Å². The lowest BCUT2D eigenvalue weighted by atomic mass is 10.1. The van der Waals surface area contributed by atoms with E-state index in [-0.39, 0.29) is 11.8 Å². The number of carbonyl (C=O) groups is 2. The zero-order chi connectivity index (χ0) is 24.8. The average molecular weight is 469 g/mol. The lowest BCUT2D eigenvalue weighted by Gasteiger charge is -2.11. The number of hydrogen-bond acceptors (Lipinski definition) is 4. The lowest BCUT2D eigenvalue weighted by Crippen LogP contribution is -2.23. The molecule has 0 unspecified atom stereocenters. The summed E-state index contributed by atoms with van der Waals surface area (Å²) in [6.45, 7) is 0.889. The Kier molecular flexibility index (Phi) is 7.26. The zero-order valence-electron chi connectivity index (χ0n) is 20.1. The highest BCUT2D eigenvalue weighted by atomic mass is 16.5. The number of methoxy groups -OCH3 is 1. The van der Waals surface area contributed by atoms with Crippen LogP contribution in [0.1, 0.15) is 31.8 Å². The summed E-state index contributed by atoms with van der Waals surface area (Å²) in [7, 11) is 5.05. The average Bonchev–Trinajstić information content (AvgIpc) is 3.31. The summed E-state index contributed by atoms with van der Waals surface area (Å²) in [6.07, 6.45) is 1.78. The Morgan fingerprint density at radius 2 is 1.60 bits per heavy atom. The molecule has 0 fully saturated rings. The van der Waals surface area contributed by atoms with Crippen LogP contribution < -0.4 is 10.1 Å². The van der Waals surface area contributed by atoms with Crippen molar-refractivity contribution in [1.82, 2.24) is 20.0 Å². The first-order valence-electron chi connectivity index (χ1n) is 11.3. The summed E-state index contributed by atoms with van der Waals surface area (Å²) in [5.74, 6) is 0.457. The molecule has 1 aromatic heterocycles. The van der Waals surface area contributed by atoms with Gasteiger partial charge in [0.05, 0.1) is 19.2 Å². The van der Waals surface area contributed by atoms with Crippen molar-refractivity contribution in [3.63, 3.8) is 0 Å². The Balaban J connectivity index is 1.55. The number of ether oxygens (including phenoxy) is 1. The van der Waals surface area contributed by atoms with Gasteiger partial charge in [-0.2, -0.15) is 5.10 Å². The summed E-state index contributed by atoms with van der Waals surface area (Å²) < 4.78 is 7.05. The predicted octanol–water partition coefficient (Wildman–Crippen LogP) is 4.24. The second-order valence-electron chi connectivity index (χ2n) is 8.38. The van der Waals surface area contributed by atoms with E-state index in [2.05, 4.69) is 5.32 Å². The first-order chi connectivity index (χ1) is 16.9. The molecular weight excluding hydrogens is 440 g/mol. The van der Waals surface area contributed by atoms with E-state index in [9.17, 15) is 9.59 Å². The zero-order valence-corrected chi connectivity index (χ0v) is 20.1. The van der Waals surface area contributed by atoms with Gasteiger partial charge >= 0.3 is 0 Å². The van der Waals surface area contributed by atoms with Crippen molar-refractivity contribution in [3.05, 3.63) is 107 Å². The summed E-state index contributed by atoms with van der Waals surface area (Å²) in [5, 5.41) is 7.71. The highest BCUT2D eigenvalue weighted by molar-refractivity contribution is 5.99. The number of aromatic nitrogens is 2. The SMILES string of the molecule is COc1ccc(-c2nn(Cc3ccccc3)cc2C(=O)NCc2ccc(C(=O)N(C)C)cc2)cc1. The molecule has 3 aromatic carbocycles. The highest BCUT2D eigenvalue weighted by Gasteiger charge is 2.18. The summed E-state index contributed by atoms with van der Waals surface area (Å²) in [5.41, 5.74) is 4.52. The van der Waals surface area contributed by atoms with Gasteiger partial charge in [0.25, 0.3) is 11.8 Å². The van der Waals surface area contributed by atoms with Crippen LogP contribution in [0.4, 0.5) is 0 Å². The molecule has 0 radical (unpaired) electrons. The topological polar surface area (TPSA) is 76.5 Å². The van der Waals surface area contributed by atoms with Crippen molar-refractivity contribution >= 4 is 11.8 Å². The lowest BCUT2D eigenvalue weighted by molar-refractivity contribution is 0.0827. The van der Waals surface area contributed by atoms with Gasteiger partial charge in [0.1, 0.15) is 11.4 Å². The molecule has 0 bridgehead atoms. The minimum absolute atomic E-state index is 0.0597. The molecule has 35 heavy (non-hydrogen) atoms. The molecule has 1 N–H and O–H groups in total. The van der Waals surface area contributed by atoms with Crippen molar-refractivity contribution < 1.29 is 14.3 Å². The molecule has 7 heteroatoms. The monoisotopic (exact) mass is 468 g/mol. The van der Waals surface area contributed by atoms with Crippen LogP contribution in [0.2, 0.25) is 0 Å². The van der Waals surface area contributed by atoms with Crippen LogP contribution in [0.25, 0.3) is 11.3 Å². The molecule has 0 aliphatic carbocycles. The summed E-state index contributed by atoms with van der Waals surface area (Å²) >= 11 is 0. The molecule has 0 aliphatic heterocycles. The van der Waals surface area contributed by atoms with Gasteiger partial charge in [-0.15, -0.1) is 0 Å². The molecule has 4 rings (SSSR count). The van der Waals surface area contributed by atoms with Gasteiger partial charge in [0.15, 0.2) is 0 Å². The second-order valence-corrected chi connectivity index (χ2v) is 8.38. The van der Waals surface area contributed by atoms with Gasteiger partial charge in [-0.05, 0) is 47.5 Å². The minimum Gasteiger partial charge on any atom is -0.497 e. The third-order valence-electron chi connectivity index (χ3n) is 5.62. The van der Waals surface area contributed by atoms with Crippen molar-refractivity contribution in [2.45, 2.75) is 13.1 Å². The Labute approximate surface area is 205 Å². The van der Waals surface area contributed by atoms with E-state index >= 15 is 0 Å². The van der Waals surface area contributed by atoms with Gasteiger partial charge in [0, 0.05) is 38.0 Å². The highest BCUT2D eigenvalue weighted by Crippen LogP contribution is 2.25. The van der Waals surface area contributed by atoms with Crippen LogP contribution in [0, 0.1) is 0 Å². The number of hydrogen-bond donors (Lipinski definition) is 1. The van der Waals surface area contributed by atoms with Gasteiger partial charge in [-0.25, -0.2) is 0 Å². The van der Waals surface area contributed by atoms with E-state index in [1.54, 1.807) is 44.2 Å². The molecule has 0 atom stereocenters. The van der Waals surface area contributed by atoms with Crippen LogP contribution in [0.3, 0.4) is 0 Å². The standard InChI is InChI=1S/C28H28N4O3/c1-31(2)28(34)23-11-9-20(10-12-23)17-29-27(33)25-19-32(18-21-7-5-4-6-8-21)30-26(25)22-13-15-24(35-3)16-14-22/h4-16,19H,17-18H2,1-3H3,(H,29,33). The maximum Gasteiger partial charge on any atom is 0.255 e. The Morgan fingerprint density at radius 3 is 2.23 bits per heavy atom. The number of nitrogens with one attached hydrogen (secondary N) is 1. The van der Waals surface area contributed by atoms with E-state index in [1.807, 2.05) is 66.7 Å². The molecule has 1 heterocycles. The van der Waals surface area contributed by atoms with Crippen LogP contribution in [0.15, 0.2) is 85.1 Å². The van der Waals surface area contributed by atoms with Crippen LogP contribution >= 0.6 is 0 Å². The Bertz CT molecular complexity index is 1290. The van der Waals surface area contributed by atoms with Gasteiger partial charge in [-0.1, -0.05) is 42.5 Å². The van der Waals surface area contributed by atoms with E-state index in [0.29, 0.717) is 29.9 Å². The fraction of sp³-hybridized carbons (Fsp3) is 0.179. The smallest absolute Gasteiger partial charge is 0.255 e. The van der Waals surface area contributed by atoms with Crippen molar-refractivity contribution in [2.24, 2.45) is 0 Å². The number of carbonyl (C=O) groups excluding carboxylic acids is 2. The molecule has 2 amide bonds. The normalized spacial score (nSPS) is 10.6. The van der Waals surface area contributed by atoms with E-state index < -0.39 is 0 Å². The van der Waals surface area contributed by atoms with Gasteiger partial charge in [-0.3, -0.25) is 14.3 Å². The quantitative estimate of drug-likeness (QED) is 0.420. The number of amides is 2. The molecular formula is C28H28N4O3. The molecule has 0 spiro atoms. The molecule has 4 aromatic rings. The number of benzene rings is 3. The summed E-state index contributed by atoms with van der Waals surface area (Å²) in [4.78, 5) is 26.8. The second kappa shape index (κ2) is 10.7. The number of rotatable bonds is 8. The Morgan fingerprint density at radius 1 is 0.914 bits per heavy atom. The van der Waals surface area contributed by atoms with Crippen LogP contribution in [-0.4, -0.2) is 47.7 Å². The predicted molar refractivity (Wildman–Crippen MR) is 135 cm³/mol. The van der Waals surface area contributed by atoms with Crippen molar-refractivity contribution in [3.8, 4) is 17.0 Å². The minimum atomic E-state index is -0.219. The van der Waals surface area contributed by atoms with Gasteiger partial charge < -0.3 is 15.0 Å². The maximum absolute atomic E-state index is 13.2. The third-order valence-corrected chi connectivity index (χ3v) is 5.62. The van der Waals surface area contributed by atoms with Crippen molar-refractivity contribution in [1.29, 1.82) is 0 Å². The van der Waals surface area contributed by atoms with Crippen molar-refractivity contribution in [2.75, 3.05) is 21.2 Å². The van der Waals surface area contributed by atoms with Crippen LogP contribution in [-0.2, 0) is 13.1 Å². The molecule has 7 nitrogen and oxygen atoms in total. The third kappa shape index (κ3) is 5.76. The molecule has 0 saturated carbocycles. The van der Waals surface area contributed by atoms with Gasteiger partial charge in [0.2, 0.25) is 0 Å². The largest absolute Gasteiger partial charge is 0.497 e. The van der Waals surface area contributed by atoms with Crippen LogP contribution in [0.5, 0.6) is 5.75 Å². The summed E-state index contributed by atoms with van der Waals surface area (Å²) in [6, 6.07) is 24.7. The van der Waals surface area contributed by atoms with E-state index in [4.69, 9.17) is 9.84 Å². The molecule has 0 aliphatic rings. The first-order valence-corrected chi connectivity index (χ1v) is 11.3. The fourth-order valence-electron chi connectivity index (χ4n) is 3.70. The number of nitrogens with zero attached hydrogens (tertiary/aromatic N) is 3. The Hall–Kier alpha value is -4.39. The first kappa shape index (κ1) is 23.8. The molecule has 178 valence electrons. The molecule has 0 saturated heterocycles. The van der Waals surface area contributed by atoms with E-state index in [1.165, 1.54) is 4.90 Å². The maximum atomic E-state index is 13.2.